The molecule has 2 atom stereocenters. The van der Waals surface area contributed by atoms with Crippen molar-refractivity contribution in [2.24, 2.45) is 11.8 Å². The van der Waals surface area contributed by atoms with Crippen molar-refractivity contribution in [3.8, 4) is 0 Å². The zero-order chi connectivity index (χ0) is 22.0. The van der Waals surface area contributed by atoms with Gasteiger partial charge in [-0.3, -0.25) is 14.2 Å². The molecule has 1 N–H and O–H groups in total. The predicted octanol–water partition coefficient (Wildman–Crippen LogP) is 4.02. The monoisotopic (exact) mass is 463 g/mol. The number of aryl methyl sites for hydroxylation is 1. The second-order valence-electron chi connectivity index (χ2n) is 9.29. The van der Waals surface area contributed by atoms with Crippen LogP contribution in [0.3, 0.4) is 0 Å². The van der Waals surface area contributed by atoms with Crippen LogP contribution in [0.5, 0.6) is 0 Å². The van der Waals surface area contributed by atoms with E-state index in [0.717, 1.165) is 55.3 Å². The van der Waals surface area contributed by atoms with Gasteiger partial charge in [0.1, 0.15) is 4.83 Å². The maximum atomic E-state index is 13.5. The molecular formula is C23H33N3O3S2. The summed E-state index contributed by atoms with van der Waals surface area (Å²) >= 11 is 3.04. The molecule has 3 heterocycles. The minimum Gasteiger partial charge on any atom is -0.376 e. The third-order valence-corrected chi connectivity index (χ3v) is 8.32. The summed E-state index contributed by atoms with van der Waals surface area (Å²) in [4.78, 5) is 33.0. The van der Waals surface area contributed by atoms with E-state index < -0.39 is 0 Å². The van der Waals surface area contributed by atoms with E-state index in [0.29, 0.717) is 30.1 Å². The lowest BCUT2D eigenvalue weighted by molar-refractivity contribution is -0.119. The van der Waals surface area contributed by atoms with Crippen LogP contribution in [0.1, 0.15) is 56.9 Å². The first-order chi connectivity index (χ1) is 14.9. The third-order valence-electron chi connectivity index (χ3n) is 6.19. The number of thioether (sulfide) groups is 1. The summed E-state index contributed by atoms with van der Waals surface area (Å²) in [6, 6.07) is 0. The van der Waals surface area contributed by atoms with E-state index in [-0.39, 0.29) is 23.3 Å². The average molecular weight is 464 g/mol. The molecule has 6 nitrogen and oxygen atoms in total. The highest BCUT2D eigenvalue weighted by molar-refractivity contribution is 7.99. The van der Waals surface area contributed by atoms with Crippen molar-refractivity contribution in [2.45, 2.75) is 77.1 Å². The number of hydrogen-bond donors (Lipinski definition) is 1. The number of carbonyl (C=O) groups excluding carboxylic acids is 1. The van der Waals surface area contributed by atoms with Gasteiger partial charge in [0.25, 0.3) is 5.56 Å². The highest BCUT2D eigenvalue weighted by atomic mass is 32.2. The first-order valence-electron chi connectivity index (χ1n) is 11.5. The average Bonchev–Trinajstić information content (AvgIpc) is 3.36. The summed E-state index contributed by atoms with van der Waals surface area (Å²) in [5.41, 5.74) is 1.29. The van der Waals surface area contributed by atoms with Crippen LogP contribution >= 0.6 is 23.1 Å². The molecule has 2 unspecified atom stereocenters. The molecule has 0 saturated carbocycles. The maximum Gasteiger partial charge on any atom is 0.263 e. The molecule has 1 amide bonds. The molecular weight excluding hydrogens is 430 g/mol. The van der Waals surface area contributed by atoms with Gasteiger partial charge in [-0.1, -0.05) is 32.5 Å². The molecule has 0 radical (unpaired) electrons. The number of hydrogen-bond acceptors (Lipinski definition) is 6. The van der Waals surface area contributed by atoms with Crippen molar-refractivity contribution in [3.05, 3.63) is 20.8 Å². The summed E-state index contributed by atoms with van der Waals surface area (Å²) in [6.07, 6.45) is 6.24. The van der Waals surface area contributed by atoms with Crippen LogP contribution in [0.4, 0.5) is 0 Å². The van der Waals surface area contributed by atoms with Crippen LogP contribution in [0.15, 0.2) is 9.95 Å². The molecule has 170 valence electrons. The number of nitrogens with zero attached hydrogens (tertiary/aromatic N) is 2. The Kier molecular flexibility index (Phi) is 7.39. The van der Waals surface area contributed by atoms with E-state index in [1.807, 2.05) is 4.57 Å². The normalized spacial score (nSPS) is 21.0. The number of amides is 1. The molecule has 0 aromatic carbocycles. The molecule has 2 aliphatic rings. The fourth-order valence-corrected chi connectivity index (χ4v) is 6.59. The highest BCUT2D eigenvalue weighted by Crippen LogP contribution is 2.36. The summed E-state index contributed by atoms with van der Waals surface area (Å²) in [5, 5.41) is 4.45. The van der Waals surface area contributed by atoms with Gasteiger partial charge in [0.15, 0.2) is 5.16 Å². The summed E-state index contributed by atoms with van der Waals surface area (Å²) in [6.45, 7) is 8.58. The second kappa shape index (κ2) is 10.0. The van der Waals surface area contributed by atoms with Crippen molar-refractivity contribution in [1.82, 2.24) is 14.9 Å². The van der Waals surface area contributed by atoms with Gasteiger partial charge < -0.3 is 10.1 Å². The molecule has 2 aromatic rings. The predicted molar refractivity (Wildman–Crippen MR) is 127 cm³/mol. The van der Waals surface area contributed by atoms with Gasteiger partial charge in [0, 0.05) is 24.6 Å². The smallest absolute Gasteiger partial charge is 0.263 e. The number of ether oxygens (including phenoxy) is 1. The van der Waals surface area contributed by atoms with Gasteiger partial charge >= 0.3 is 0 Å². The number of thiophene rings is 1. The van der Waals surface area contributed by atoms with Crippen molar-refractivity contribution in [3.63, 3.8) is 0 Å². The minimum absolute atomic E-state index is 0.0374. The largest absolute Gasteiger partial charge is 0.376 e. The Morgan fingerprint density at radius 2 is 2.23 bits per heavy atom. The number of nitrogens with one attached hydrogen (secondary N) is 1. The Hall–Kier alpha value is -1.38. The third kappa shape index (κ3) is 5.34. The lowest BCUT2D eigenvalue weighted by Crippen LogP contribution is -2.33. The van der Waals surface area contributed by atoms with Crippen LogP contribution in [-0.2, 0) is 28.9 Å². The van der Waals surface area contributed by atoms with Crippen molar-refractivity contribution in [1.29, 1.82) is 0 Å². The Balaban J connectivity index is 1.56. The fourth-order valence-electron chi connectivity index (χ4n) is 4.31. The fraction of sp³-hybridized carbons (Fsp3) is 0.696. The Bertz CT molecular complexity index is 992. The van der Waals surface area contributed by atoms with Crippen LogP contribution in [-0.4, -0.2) is 40.5 Å². The first-order valence-corrected chi connectivity index (χ1v) is 13.3. The topological polar surface area (TPSA) is 73.2 Å². The highest BCUT2D eigenvalue weighted by Gasteiger charge is 2.25. The first kappa shape index (κ1) is 22.8. The van der Waals surface area contributed by atoms with Gasteiger partial charge in [-0.2, -0.15) is 0 Å². The Labute approximate surface area is 192 Å². The van der Waals surface area contributed by atoms with E-state index in [2.05, 4.69) is 26.1 Å². The van der Waals surface area contributed by atoms with Crippen molar-refractivity contribution in [2.75, 3.05) is 18.9 Å². The molecule has 1 aliphatic heterocycles. The van der Waals surface area contributed by atoms with E-state index in [1.54, 1.807) is 11.3 Å². The lowest BCUT2D eigenvalue weighted by atomic mass is 9.89. The number of rotatable bonds is 8. The van der Waals surface area contributed by atoms with Crippen LogP contribution in [0.2, 0.25) is 0 Å². The van der Waals surface area contributed by atoms with Crippen LogP contribution in [0.25, 0.3) is 10.2 Å². The van der Waals surface area contributed by atoms with E-state index >= 15 is 0 Å². The second-order valence-corrected chi connectivity index (χ2v) is 11.3. The quantitative estimate of drug-likeness (QED) is 0.473. The molecule has 1 aliphatic carbocycles. The van der Waals surface area contributed by atoms with Gasteiger partial charge in [0.05, 0.1) is 17.2 Å². The standard InChI is InChI=1S/C23H33N3O3S2/c1-14(2)8-9-26-22(28)20-17-7-6-15(3)11-18(17)31-21(20)25-23(26)30-13-19(27)24-12-16-5-4-10-29-16/h14-16H,4-13H2,1-3H3,(H,24,27). The van der Waals surface area contributed by atoms with E-state index in [4.69, 9.17) is 9.72 Å². The molecule has 0 bridgehead atoms. The van der Waals surface area contributed by atoms with E-state index in [1.165, 1.54) is 22.2 Å². The van der Waals surface area contributed by atoms with Crippen LogP contribution < -0.4 is 10.9 Å². The summed E-state index contributed by atoms with van der Waals surface area (Å²) in [5.74, 6) is 1.37. The minimum atomic E-state index is -0.0374. The van der Waals surface area contributed by atoms with Crippen molar-refractivity contribution >= 4 is 39.2 Å². The number of fused-ring (bicyclic) bond motifs is 3. The number of aromatic nitrogens is 2. The van der Waals surface area contributed by atoms with E-state index in [9.17, 15) is 9.59 Å². The molecule has 1 saturated heterocycles. The summed E-state index contributed by atoms with van der Waals surface area (Å²) < 4.78 is 7.38. The molecule has 31 heavy (non-hydrogen) atoms. The summed E-state index contributed by atoms with van der Waals surface area (Å²) in [7, 11) is 0. The molecule has 4 rings (SSSR count). The van der Waals surface area contributed by atoms with Crippen LogP contribution in [0, 0.1) is 11.8 Å². The Morgan fingerprint density at radius 1 is 1.39 bits per heavy atom. The SMILES string of the molecule is CC(C)CCn1c(SCC(=O)NCC2CCCO2)nc2sc3c(c2c1=O)CCC(C)C3. The molecule has 1 fully saturated rings. The van der Waals surface area contributed by atoms with Gasteiger partial charge in [-0.15, -0.1) is 11.3 Å². The van der Waals surface area contributed by atoms with Gasteiger partial charge in [0.2, 0.25) is 5.91 Å². The van der Waals surface area contributed by atoms with Crippen molar-refractivity contribution < 1.29 is 9.53 Å². The van der Waals surface area contributed by atoms with Gasteiger partial charge in [-0.25, -0.2) is 4.98 Å². The maximum absolute atomic E-state index is 13.5. The molecule has 0 spiro atoms. The lowest BCUT2D eigenvalue weighted by Gasteiger charge is -2.18. The van der Waals surface area contributed by atoms with Gasteiger partial charge in [-0.05, 0) is 55.9 Å². The zero-order valence-corrected chi connectivity index (χ0v) is 20.4. The molecule has 8 heteroatoms. The number of carbonyl (C=O) groups is 1. The molecule has 2 aromatic heterocycles. The zero-order valence-electron chi connectivity index (χ0n) is 18.7. The Morgan fingerprint density at radius 3 is 2.97 bits per heavy atom.